The van der Waals surface area contributed by atoms with Crippen LogP contribution >= 0.6 is 7.92 Å². The first-order valence-corrected chi connectivity index (χ1v) is 22.0. The molecule has 0 bridgehead atoms. The monoisotopic (exact) mass is 906 g/mol. The maximum Gasteiger partial charge on any atom is 0.331 e. The molecule has 352 valence electrons. The van der Waals surface area contributed by atoms with Gasteiger partial charge in [0.1, 0.15) is 13.2 Å². The highest BCUT2D eigenvalue weighted by molar-refractivity contribution is 7.79. The second kappa shape index (κ2) is 44.5. The Hall–Kier alpha value is -4.10. The molecular formula is C44H67N4O14P. The lowest BCUT2D eigenvalue weighted by atomic mass is 10.4. The summed E-state index contributed by atoms with van der Waals surface area (Å²) in [4.78, 5) is 24.1. The fourth-order valence-electron chi connectivity index (χ4n) is 4.60. The molecule has 0 amide bonds. The highest BCUT2D eigenvalue weighted by Crippen LogP contribution is 2.32. The summed E-state index contributed by atoms with van der Waals surface area (Å²) in [5.41, 5.74) is 13.3. The zero-order valence-electron chi connectivity index (χ0n) is 36.8. The molecule has 0 spiro atoms. The summed E-state index contributed by atoms with van der Waals surface area (Å²) in [6.07, 6.45) is 0. The summed E-state index contributed by atoms with van der Waals surface area (Å²) in [6, 6.07) is 32.3. The molecule has 0 fully saturated rings. The van der Waals surface area contributed by atoms with E-state index >= 15 is 0 Å². The van der Waals surface area contributed by atoms with Crippen molar-refractivity contribution in [2.45, 2.75) is 0 Å². The number of benzene rings is 3. The first kappa shape index (κ1) is 56.9. The Labute approximate surface area is 373 Å². The number of hydrogen-bond donors (Lipinski definition) is 1. The molecule has 0 aromatic heterocycles. The lowest BCUT2D eigenvalue weighted by Gasteiger charge is -2.18. The van der Waals surface area contributed by atoms with Crippen LogP contribution in [0.2, 0.25) is 0 Å². The zero-order chi connectivity index (χ0) is 45.5. The Morgan fingerprint density at radius 2 is 0.730 bits per heavy atom. The van der Waals surface area contributed by atoms with Crippen LogP contribution in [0.15, 0.2) is 96.1 Å². The summed E-state index contributed by atoms with van der Waals surface area (Å²) < 4.78 is 60.8. The molecule has 63 heavy (non-hydrogen) atoms. The molecule has 0 heterocycles. The van der Waals surface area contributed by atoms with Crippen molar-refractivity contribution in [1.29, 1.82) is 0 Å². The third-order valence-corrected chi connectivity index (χ3v) is 10.0. The molecule has 0 saturated carbocycles. The van der Waals surface area contributed by atoms with Crippen LogP contribution in [0.25, 0.3) is 10.4 Å². The van der Waals surface area contributed by atoms with Gasteiger partial charge in [-0.25, -0.2) is 9.59 Å². The number of hydrogen-bond acceptors (Lipinski definition) is 16. The summed E-state index contributed by atoms with van der Waals surface area (Å²) in [6.45, 7) is 9.03. The van der Waals surface area contributed by atoms with Gasteiger partial charge in [-0.05, 0) is 29.4 Å². The van der Waals surface area contributed by atoms with Crippen LogP contribution in [0, 0.1) is 0 Å². The van der Waals surface area contributed by atoms with Gasteiger partial charge in [0, 0.05) is 18.0 Å². The smallest absolute Gasteiger partial charge is 0.331 e. The predicted molar refractivity (Wildman–Crippen MR) is 240 cm³/mol. The van der Waals surface area contributed by atoms with Crippen molar-refractivity contribution in [2.75, 3.05) is 159 Å². The number of esters is 2. The van der Waals surface area contributed by atoms with Crippen molar-refractivity contribution in [3.63, 3.8) is 0 Å². The highest BCUT2D eigenvalue weighted by Gasteiger charge is 2.15. The fourth-order valence-corrected chi connectivity index (χ4v) is 6.91. The van der Waals surface area contributed by atoms with Gasteiger partial charge >= 0.3 is 11.9 Å². The van der Waals surface area contributed by atoms with Crippen LogP contribution in [0.4, 0.5) is 0 Å². The largest absolute Gasteiger partial charge is 0.467 e. The van der Waals surface area contributed by atoms with E-state index in [4.69, 9.17) is 58.6 Å². The van der Waals surface area contributed by atoms with Gasteiger partial charge in [-0.1, -0.05) is 96.1 Å². The van der Waals surface area contributed by atoms with Gasteiger partial charge in [-0.2, -0.15) is 0 Å². The normalized spacial score (nSPS) is 10.5. The zero-order valence-corrected chi connectivity index (χ0v) is 37.7. The number of ether oxygens (including phenoxy) is 12. The number of carbonyl (C=O) groups is 2. The van der Waals surface area contributed by atoms with Gasteiger partial charge in [-0.3, -0.25) is 0 Å². The Balaban J connectivity index is 0.000000474. The van der Waals surface area contributed by atoms with Gasteiger partial charge in [0.25, 0.3) is 0 Å². The van der Waals surface area contributed by atoms with Gasteiger partial charge in [0.2, 0.25) is 0 Å². The standard InChI is InChI=1S/C18H15P.C13H25N3O7.C13H27NO7/c1-4-10-16(11-5-1)19(17-12-6-2-7-13-17)18-14-8-3-9-15-18;1-18-13(17)12-23-11-10-22-9-8-21-7-6-20-5-4-19-3-2-15-16-14;1-16-13(15)12-21-11-10-20-9-8-19-7-6-18-5-4-17-3-2-14/h1-15H;2-12H2,1H3;2-12,14H2,1H3. The molecule has 0 atom stereocenters. The third-order valence-electron chi connectivity index (χ3n) is 7.58. The quantitative estimate of drug-likeness (QED) is 0.0221. The molecule has 2 N–H and O–H groups in total. The average Bonchev–Trinajstić information content (AvgIpc) is 3.32. The van der Waals surface area contributed by atoms with Crippen molar-refractivity contribution in [3.05, 3.63) is 101 Å². The van der Waals surface area contributed by atoms with Crippen molar-refractivity contribution in [1.82, 2.24) is 0 Å². The van der Waals surface area contributed by atoms with Crippen LogP contribution in [-0.2, 0) is 66.4 Å². The summed E-state index contributed by atoms with van der Waals surface area (Å²) >= 11 is 0. The van der Waals surface area contributed by atoms with Gasteiger partial charge in [0.05, 0.1) is 133 Å². The molecule has 3 aromatic carbocycles. The minimum absolute atomic E-state index is 0.0529. The number of carbonyl (C=O) groups excluding carboxylic acids is 2. The number of rotatable bonds is 36. The molecule has 0 aliphatic rings. The van der Waals surface area contributed by atoms with Gasteiger partial charge < -0.3 is 62.6 Å². The second-order valence-corrected chi connectivity index (χ2v) is 14.5. The van der Waals surface area contributed by atoms with E-state index in [-0.39, 0.29) is 13.2 Å². The van der Waals surface area contributed by atoms with Crippen LogP contribution in [0.5, 0.6) is 0 Å². The highest BCUT2D eigenvalue weighted by atomic mass is 31.1. The second-order valence-electron chi connectivity index (χ2n) is 12.2. The number of methoxy groups -OCH3 is 2. The summed E-state index contributed by atoms with van der Waals surface area (Å²) in [5.74, 6) is -0.804. The van der Waals surface area contributed by atoms with E-state index in [1.807, 2.05) is 0 Å². The molecule has 0 aliphatic heterocycles. The van der Waals surface area contributed by atoms with E-state index in [0.717, 1.165) is 0 Å². The Morgan fingerprint density at radius 1 is 0.460 bits per heavy atom. The number of nitrogens with zero attached hydrogens (tertiary/aromatic N) is 3. The Bertz CT molecular complexity index is 1420. The molecule has 19 heteroatoms. The van der Waals surface area contributed by atoms with E-state index in [1.165, 1.54) is 30.1 Å². The van der Waals surface area contributed by atoms with Crippen LogP contribution in [0.1, 0.15) is 0 Å². The van der Waals surface area contributed by atoms with E-state index in [1.54, 1.807) is 0 Å². The van der Waals surface area contributed by atoms with E-state index in [9.17, 15) is 9.59 Å². The molecule has 0 saturated heterocycles. The average molecular weight is 907 g/mol. The Kier molecular flexibility index (Phi) is 40.2. The first-order valence-electron chi connectivity index (χ1n) is 20.6. The van der Waals surface area contributed by atoms with Gasteiger partial charge in [0.15, 0.2) is 0 Å². The SMILES string of the molecule is COC(=O)COCCOCCOCCOCCOCCN.COC(=O)COCCOCCOCCOCCOCCN=[N+]=[N-].c1ccc(P(c2ccccc2)c2ccccc2)cc1. The van der Waals surface area contributed by atoms with E-state index in [2.05, 4.69) is 110 Å². The maximum absolute atomic E-state index is 10.7. The summed E-state index contributed by atoms with van der Waals surface area (Å²) in [5, 5.41) is 7.53. The molecule has 0 radical (unpaired) electrons. The van der Waals surface area contributed by atoms with Crippen LogP contribution < -0.4 is 21.6 Å². The molecule has 3 aromatic rings. The van der Waals surface area contributed by atoms with Crippen molar-refractivity contribution < 1.29 is 66.4 Å². The van der Waals surface area contributed by atoms with E-state index in [0.29, 0.717) is 132 Å². The molecular weight excluding hydrogens is 839 g/mol. The van der Waals surface area contributed by atoms with E-state index < -0.39 is 19.9 Å². The first-order chi connectivity index (χ1) is 31.1. The van der Waals surface area contributed by atoms with Crippen LogP contribution in [-0.4, -0.2) is 171 Å². The third kappa shape index (κ3) is 35.0. The number of nitrogens with two attached hydrogens (primary N) is 1. The minimum Gasteiger partial charge on any atom is -0.467 e. The topological polar surface area (TPSA) is 220 Å². The molecule has 18 nitrogen and oxygen atoms in total. The van der Waals surface area contributed by atoms with Crippen molar-refractivity contribution in [3.8, 4) is 0 Å². The maximum atomic E-state index is 10.7. The lowest BCUT2D eigenvalue weighted by molar-refractivity contribution is -0.147. The minimum atomic E-state index is -0.446. The Morgan fingerprint density at radius 3 is 1.00 bits per heavy atom. The van der Waals surface area contributed by atoms with Crippen molar-refractivity contribution in [2.24, 2.45) is 10.8 Å². The fraction of sp³-hybridized carbons (Fsp3) is 0.545. The molecule has 3 rings (SSSR count). The lowest BCUT2D eigenvalue weighted by Crippen LogP contribution is -2.20. The van der Waals surface area contributed by atoms with Gasteiger partial charge in [-0.15, -0.1) is 0 Å². The summed E-state index contributed by atoms with van der Waals surface area (Å²) in [7, 11) is 2.18. The van der Waals surface area contributed by atoms with Crippen LogP contribution in [0.3, 0.4) is 0 Å². The predicted octanol–water partition coefficient (Wildman–Crippen LogP) is 3.20. The van der Waals surface area contributed by atoms with Crippen molar-refractivity contribution >= 4 is 35.8 Å². The number of azide groups is 1. The molecule has 0 unspecified atom stereocenters. The molecule has 0 aliphatic carbocycles.